The maximum Gasteiger partial charge on any atom is 0.301 e. The van der Waals surface area contributed by atoms with Crippen LogP contribution in [0.3, 0.4) is 0 Å². The largest absolute Gasteiger partial charge is 0.455 e. The first-order chi connectivity index (χ1) is 9.10. The molecule has 0 saturated carbocycles. The Kier molecular flexibility index (Phi) is 4.47. The zero-order chi connectivity index (χ0) is 13.8. The summed E-state index contributed by atoms with van der Waals surface area (Å²) in [5.74, 6) is 6.15. The Morgan fingerprint density at radius 3 is 3.00 bits per heavy atom. The van der Waals surface area contributed by atoms with E-state index in [1.54, 1.807) is 19.2 Å². The van der Waals surface area contributed by atoms with Gasteiger partial charge in [-0.25, -0.2) is 10.8 Å². The van der Waals surface area contributed by atoms with Crippen molar-refractivity contribution in [2.45, 2.75) is 17.7 Å². The molecular formula is C12H12ClN3O2S. The minimum absolute atomic E-state index is 0.238. The second-order valence-corrected chi connectivity index (χ2v) is 5.23. The quantitative estimate of drug-likeness (QED) is 0.392. The van der Waals surface area contributed by atoms with Gasteiger partial charge in [0.1, 0.15) is 5.76 Å². The van der Waals surface area contributed by atoms with Gasteiger partial charge in [-0.3, -0.25) is 10.2 Å². The van der Waals surface area contributed by atoms with Crippen molar-refractivity contribution >= 4 is 29.3 Å². The van der Waals surface area contributed by atoms with Gasteiger partial charge in [0, 0.05) is 11.8 Å². The number of thioether (sulfide) groups is 1. The molecule has 0 aromatic carbocycles. The molecule has 0 saturated heterocycles. The first kappa shape index (κ1) is 13.9. The van der Waals surface area contributed by atoms with E-state index in [0.717, 1.165) is 10.6 Å². The van der Waals surface area contributed by atoms with E-state index in [9.17, 15) is 4.79 Å². The monoisotopic (exact) mass is 297 g/mol. The highest BCUT2D eigenvalue weighted by Gasteiger charge is 2.14. The molecule has 0 spiro atoms. The molecule has 0 unspecified atom stereocenters. The van der Waals surface area contributed by atoms with Gasteiger partial charge < -0.3 is 4.42 Å². The van der Waals surface area contributed by atoms with Gasteiger partial charge in [-0.2, -0.15) is 0 Å². The number of hydrogen-bond donors (Lipinski definition) is 2. The summed E-state index contributed by atoms with van der Waals surface area (Å²) in [6.45, 7) is 1.79. The van der Waals surface area contributed by atoms with Gasteiger partial charge in [-0.15, -0.1) is 0 Å². The van der Waals surface area contributed by atoms with Gasteiger partial charge in [-0.1, -0.05) is 23.4 Å². The van der Waals surface area contributed by atoms with E-state index >= 15 is 0 Å². The number of aromatic nitrogens is 1. The van der Waals surface area contributed by atoms with Crippen molar-refractivity contribution in [2.75, 3.05) is 0 Å². The molecule has 0 aliphatic heterocycles. The van der Waals surface area contributed by atoms with E-state index in [2.05, 4.69) is 4.98 Å². The van der Waals surface area contributed by atoms with Crippen LogP contribution in [0.25, 0.3) is 0 Å². The number of hydrogen-bond acceptors (Lipinski definition) is 5. The van der Waals surface area contributed by atoms with E-state index in [4.69, 9.17) is 21.9 Å². The second-order valence-electron chi connectivity index (χ2n) is 3.80. The average molecular weight is 298 g/mol. The molecule has 3 N–H and O–H groups in total. The summed E-state index contributed by atoms with van der Waals surface area (Å²) in [4.78, 5) is 15.6. The zero-order valence-electron chi connectivity index (χ0n) is 10.1. The predicted molar refractivity (Wildman–Crippen MR) is 73.9 cm³/mol. The fourth-order valence-corrected chi connectivity index (χ4v) is 2.34. The Labute approximate surface area is 119 Å². The van der Waals surface area contributed by atoms with Crippen LogP contribution in [-0.4, -0.2) is 10.9 Å². The van der Waals surface area contributed by atoms with E-state index in [0.29, 0.717) is 16.5 Å². The minimum Gasteiger partial charge on any atom is -0.455 e. The third-order valence-corrected chi connectivity index (χ3v) is 3.56. The Bertz CT molecular complexity index is 583. The number of hydrazine groups is 1. The van der Waals surface area contributed by atoms with Crippen LogP contribution in [0.2, 0.25) is 5.02 Å². The van der Waals surface area contributed by atoms with E-state index in [1.165, 1.54) is 11.8 Å². The lowest BCUT2D eigenvalue weighted by atomic mass is 10.2. The summed E-state index contributed by atoms with van der Waals surface area (Å²) in [7, 11) is 0. The van der Waals surface area contributed by atoms with Crippen LogP contribution in [0.4, 0.5) is 0 Å². The molecule has 19 heavy (non-hydrogen) atoms. The highest BCUT2D eigenvalue weighted by molar-refractivity contribution is 7.98. The van der Waals surface area contributed by atoms with Gasteiger partial charge in [0.05, 0.1) is 15.8 Å². The molecule has 0 aliphatic rings. The molecule has 0 fully saturated rings. The first-order valence-electron chi connectivity index (χ1n) is 5.44. The number of furan rings is 1. The van der Waals surface area contributed by atoms with Crippen LogP contribution in [0.1, 0.15) is 21.9 Å². The highest BCUT2D eigenvalue weighted by atomic mass is 35.5. The molecule has 0 radical (unpaired) electrons. The smallest absolute Gasteiger partial charge is 0.301 e. The number of nitrogens with one attached hydrogen (secondary N) is 1. The molecule has 100 valence electrons. The number of carbonyl (C=O) groups is 1. The van der Waals surface area contributed by atoms with E-state index in [-0.39, 0.29) is 5.76 Å². The zero-order valence-corrected chi connectivity index (χ0v) is 11.7. The fraction of sp³-hybridized carbons (Fsp3) is 0.167. The second kappa shape index (κ2) is 6.10. The Balaban J connectivity index is 2.04. The van der Waals surface area contributed by atoms with Crippen LogP contribution in [0, 0.1) is 6.92 Å². The number of nitrogen functional groups attached to an aromatic ring is 1. The molecule has 0 bridgehead atoms. The summed E-state index contributed by atoms with van der Waals surface area (Å²) in [5, 5.41) is 1.43. The van der Waals surface area contributed by atoms with Crippen molar-refractivity contribution in [3.63, 3.8) is 0 Å². The molecule has 0 atom stereocenters. The maximum absolute atomic E-state index is 11.4. The van der Waals surface area contributed by atoms with Crippen molar-refractivity contribution in [3.8, 4) is 0 Å². The molecule has 2 rings (SSSR count). The first-order valence-corrected chi connectivity index (χ1v) is 6.81. The molecule has 1 amide bonds. The van der Waals surface area contributed by atoms with Gasteiger partial charge in [0.15, 0.2) is 5.76 Å². The van der Waals surface area contributed by atoms with Gasteiger partial charge in [0.25, 0.3) is 0 Å². The minimum atomic E-state index is -0.432. The lowest BCUT2D eigenvalue weighted by molar-refractivity contribution is 0.0923. The summed E-state index contributed by atoms with van der Waals surface area (Å²) < 4.78 is 5.45. The fourth-order valence-electron chi connectivity index (χ4n) is 1.50. The molecule has 0 aliphatic carbocycles. The third kappa shape index (κ3) is 3.50. The van der Waals surface area contributed by atoms with Crippen molar-refractivity contribution in [1.82, 2.24) is 10.4 Å². The van der Waals surface area contributed by atoms with Gasteiger partial charge in [0.2, 0.25) is 0 Å². The molecule has 2 aromatic heterocycles. The topological polar surface area (TPSA) is 81.2 Å². The number of pyridine rings is 1. The summed E-state index contributed by atoms with van der Waals surface area (Å²) >= 11 is 7.25. The van der Waals surface area contributed by atoms with Crippen LogP contribution < -0.4 is 11.3 Å². The van der Waals surface area contributed by atoms with Crippen LogP contribution in [0.5, 0.6) is 0 Å². The number of aryl methyl sites for hydroxylation is 1. The Morgan fingerprint density at radius 1 is 1.58 bits per heavy atom. The Hall–Kier alpha value is -1.50. The molecule has 7 heteroatoms. The summed E-state index contributed by atoms with van der Waals surface area (Å²) in [5.41, 5.74) is 2.80. The number of amides is 1. The SMILES string of the molecule is Cc1cc(CSc2ccc(Cl)cn2)oc1C(=O)NN. The van der Waals surface area contributed by atoms with E-state index in [1.807, 2.05) is 17.6 Å². The number of nitrogens with zero attached hydrogens (tertiary/aromatic N) is 1. The molecule has 2 aromatic rings. The van der Waals surface area contributed by atoms with E-state index < -0.39 is 5.91 Å². The normalized spacial score (nSPS) is 10.5. The van der Waals surface area contributed by atoms with Crippen LogP contribution in [-0.2, 0) is 5.75 Å². The predicted octanol–water partition coefficient (Wildman–Crippen LogP) is 2.53. The van der Waals surface area contributed by atoms with Gasteiger partial charge >= 0.3 is 5.91 Å². The number of nitrogens with two attached hydrogens (primary N) is 1. The van der Waals surface area contributed by atoms with Crippen LogP contribution >= 0.6 is 23.4 Å². The number of carbonyl (C=O) groups excluding carboxylic acids is 1. The summed E-state index contributed by atoms with van der Waals surface area (Å²) in [6.07, 6.45) is 1.59. The highest BCUT2D eigenvalue weighted by Crippen LogP contribution is 2.24. The lowest BCUT2D eigenvalue weighted by Gasteiger charge is -1.98. The summed E-state index contributed by atoms with van der Waals surface area (Å²) in [6, 6.07) is 5.42. The number of rotatable bonds is 4. The third-order valence-electron chi connectivity index (χ3n) is 2.37. The van der Waals surface area contributed by atoms with Crippen molar-refractivity contribution in [2.24, 2.45) is 5.84 Å². The van der Waals surface area contributed by atoms with Crippen molar-refractivity contribution in [1.29, 1.82) is 0 Å². The molecule has 5 nitrogen and oxygen atoms in total. The standard InChI is InChI=1S/C12H12ClN3O2S/c1-7-4-9(18-11(7)12(17)16-14)6-19-10-3-2-8(13)5-15-10/h2-5H,6,14H2,1H3,(H,16,17). The Morgan fingerprint density at radius 2 is 2.37 bits per heavy atom. The molecular weight excluding hydrogens is 286 g/mol. The molecule has 2 heterocycles. The number of halogens is 1. The lowest BCUT2D eigenvalue weighted by Crippen LogP contribution is -2.30. The van der Waals surface area contributed by atoms with Crippen molar-refractivity contribution < 1.29 is 9.21 Å². The van der Waals surface area contributed by atoms with Gasteiger partial charge in [-0.05, 0) is 25.1 Å². The van der Waals surface area contributed by atoms with Crippen LogP contribution in [0.15, 0.2) is 33.8 Å². The maximum atomic E-state index is 11.4. The average Bonchev–Trinajstić information content (AvgIpc) is 2.78. The van der Waals surface area contributed by atoms with Crippen molar-refractivity contribution in [3.05, 3.63) is 46.5 Å².